The summed E-state index contributed by atoms with van der Waals surface area (Å²) in [5.41, 5.74) is -0.235. The van der Waals surface area contributed by atoms with Crippen LogP contribution >= 0.6 is 0 Å². The first-order chi connectivity index (χ1) is 28.5. The maximum atomic E-state index is 12.7. The Bertz CT molecular complexity index is 2960. The number of benzene rings is 3. The summed E-state index contributed by atoms with van der Waals surface area (Å²) in [4.78, 5) is 10.4. The molecule has 1 atom stereocenters. The smallest absolute Gasteiger partial charge is 0.295 e. The van der Waals surface area contributed by atoms with Crippen molar-refractivity contribution in [3.63, 3.8) is 0 Å². The summed E-state index contributed by atoms with van der Waals surface area (Å²) in [6.45, 7) is 5.46. The van der Waals surface area contributed by atoms with Crippen LogP contribution in [-0.2, 0) is 71.0 Å². The van der Waals surface area contributed by atoms with Gasteiger partial charge in [-0.15, -0.1) is 0 Å². The van der Waals surface area contributed by atoms with E-state index in [1.807, 2.05) is 0 Å². The van der Waals surface area contributed by atoms with Crippen molar-refractivity contribution in [1.29, 1.82) is 0 Å². The second-order valence-electron chi connectivity index (χ2n) is 15.7. The molecule has 0 spiro atoms. The molecule has 24 heteroatoms. The highest BCUT2D eigenvalue weighted by molar-refractivity contribution is 7.87. The fourth-order valence-electron chi connectivity index (χ4n) is 8.51. The van der Waals surface area contributed by atoms with Crippen LogP contribution in [0.2, 0.25) is 0 Å². The first-order valence-corrected chi connectivity index (χ1v) is 26.5. The van der Waals surface area contributed by atoms with Crippen LogP contribution in [0.3, 0.4) is 0 Å². The Morgan fingerprint density at radius 3 is 1.95 bits per heavy atom. The Labute approximate surface area is 360 Å². The molecular weight excluding hydrogens is 917 g/mol. The monoisotopic (exact) mass is 963 g/mol. The maximum Gasteiger partial charge on any atom is 0.295 e. The zero-order valence-electron chi connectivity index (χ0n) is 33.7. The van der Waals surface area contributed by atoms with E-state index >= 15 is 0 Å². The molecule has 0 aromatic heterocycles. The van der Waals surface area contributed by atoms with E-state index in [0.717, 1.165) is 6.07 Å². The van der Waals surface area contributed by atoms with Crippen LogP contribution in [0.15, 0.2) is 81.1 Å². The molecule has 0 amide bonds. The van der Waals surface area contributed by atoms with Crippen LogP contribution in [-0.4, -0.2) is 113 Å². The second kappa shape index (κ2) is 17.8. The predicted molar refractivity (Wildman–Crippen MR) is 227 cm³/mol. The van der Waals surface area contributed by atoms with Gasteiger partial charge in [-0.05, 0) is 81.3 Å². The quantitative estimate of drug-likeness (QED) is 0.0452. The highest BCUT2D eigenvalue weighted by Gasteiger charge is 2.48. The van der Waals surface area contributed by atoms with Crippen LogP contribution in [0.5, 0.6) is 0 Å². The van der Waals surface area contributed by atoms with Crippen molar-refractivity contribution in [2.24, 2.45) is 0 Å². The SMILES string of the molecule is CC1(C)C(/C=C/C=C2/N(CCCS(=O)(=O)O)c3ccc4c(S(=O)(=O)O)cc(S(=O)(=O)O)cc4c3C2(C)CCCCCOC=O)=[N+](CCCS(=O)(=O)O)c2cccc(S(=O)(=O)O)c21. The molecule has 2 aliphatic rings. The summed E-state index contributed by atoms with van der Waals surface area (Å²) < 4.78 is 179. The van der Waals surface area contributed by atoms with Gasteiger partial charge in [-0.1, -0.05) is 31.1 Å². The van der Waals surface area contributed by atoms with Crippen molar-refractivity contribution in [2.75, 3.05) is 36.1 Å². The minimum absolute atomic E-state index is 0.00806. The first-order valence-electron chi connectivity index (χ1n) is 19.0. The number of rotatable bonds is 20. The van der Waals surface area contributed by atoms with Crippen LogP contribution in [0.25, 0.3) is 10.8 Å². The lowest BCUT2D eigenvalue weighted by molar-refractivity contribution is -0.437. The number of unbranched alkanes of at least 4 members (excludes halogenated alkanes) is 2. The summed E-state index contributed by atoms with van der Waals surface area (Å²) in [5.74, 6) is -1.29. The Morgan fingerprint density at radius 1 is 0.710 bits per heavy atom. The van der Waals surface area contributed by atoms with Crippen LogP contribution in [0, 0.1) is 0 Å². The molecule has 1 unspecified atom stereocenters. The Balaban J connectivity index is 1.79. The number of nitrogens with zero attached hydrogens (tertiary/aromatic N) is 2. The molecule has 0 saturated carbocycles. The summed E-state index contributed by atoms with van der Waals surface area (Å²) >= 11 is 0. The lowest BCUT2D eigenvalue weighted by Crippen LogP contribution is -2.30. The van der Waals surface area contributed by atoms with Gasteiger partial charge >= 0.3 is 0 Å². The molecule has 340 valence electrons. The van der Waals surface area contributed by atoms with E-state index in [-0.39, 0.29) is 60.2 Å². The van der Waals surface area contributed by atoms with E-state index in [1.165, 1.54) is 24.3 Å². The van der Waals surface area contributed by atoms with Crippen molar-refractivity contribution < 1.29 is 79.0 Å². The summed E-state index contributed by atoms with van der Waals surface area (Å²) in [6, 6.07) is 8.74. The predicted octanol–water partition coefficient (Wildman–Crippen LogP) is 4.46. The first kappa shape index (κ1) is 48.9. The normalized spacial score (nSPS) is 18.8. The molecule has 62 heavy (non-hydrogen) atoms. The second-order valence-corrected chi connectivity index (χ2v) is 23.0. The minimum atomic E-state index is -5.10. The maximum absolute atomic E-state index is 12.7. The topological polar surface area (TPSA) is 304 Å². The van der Waals surface area contributed by atoms with Gasteiger partial charge in [-0.2, -0.15) is 46.7 Å². The molecular formula is C38H47N2O17S5+. The summed E-state index contributed by atoms with van der Waals surface area (Å²) in [7, 11) is -23.8. The molecule has 2 aliphatic heterocycles. The third kappa shape index (κ3) is 10.6. The van der Waals surface area contributed by atoms with E-state index in [0.29, 0.717) is 60.1 Å². The number of fused-ring (bicyclic) bond motifs is 4. The molecule has 0 radical (unpaired) electrons. The van der Waals surface area contributed by atoms with Gasteiger partial charge in [-0.25, -0.2) is 0 Å². The molecule has 0 saturated heterocycles. The lowest BCUT2D eigenvalue weighted by Gasteiger charge is -2.31. The number of allylic oxidation sites excluding steroid dienone is 4. The highest BCUT2D eigenvalue weighted by atomic mass is 32.2. The number of carbonyl (C=O) groups is 1. The lowest BCUT2D eigenvalue weighted by atomic mass is 9.75. The van der Waals surface area contributed by atoms with E-state index in [1.54, 1.807) is 54.5 Å². The van der Waals surface area contributed by atoms with E-state index in [4.69, 9.17) is 4.74 Å². The van der Waals surface area contributed by atoms with E-state index in [2.05, 4.69) is 0 Å². The van der Waals surface area contributed by atoms with Gasteiger partial charge in [-0.3, -0.25) is 27.6 Å². The van der Waals surface area contributed by atoms with Gasteiger partial charge in [0, 0.05) is 47.3 Å². The van der Waals surface area contributed by atoms with E-state index < -0.39 is 82.7 Å². The number of hydrogen-bond acceptors (Lipinski definition) is 13. The van der Waals surface area contributed by atoms with Crippen molar-refractivity contribution >= 4 is 84.9 Å². The molecule has 0 bridgehead atoms. The Kier molecular flexibility index (Phi) is 14.1. The number of hydrogen-bond donors (Lipinski definition) is 5. The molecule has 5 rings (SSSR count). The fourth-order valence-corrected chi connectivity index (χ4v) is 11.7. The molecule has 3 aromatic rings. The summed E-state index contributed by atoms with van der Waals surface area (Å²) in [6.07, 6.45) is 6.25. The zero-order chi connectivity index (χ0) is 46.3. The highest BCUT2D eigenvalue weighted by Crippen LogP contribution is 2.54. The van der Waals surface area contributed by atoms with Gasteiger partial charge in [0.2, 0.25) is 5.69 Å². The number of ether oxygens (including phenoxy) is 1. The van der Waals surface area contributed by atoms with Gasteiger partial charge in [0.15, 0.2) is 5.71 Å². The average molecular weight is 964 g/mol. The standard InChI is InChI=1S/C38H46N2O17S5/c1-37(2)33(39(18-9-21-58(42,43)44)29-11-7-12-31(36(29)37)61(51,52)53)13-8-14-34-38(3,17-5-4-6-20-57-25-41)35-28-23-26(60(48,49)50)24-32(62(54,55)56)27(28)15-16-30(35)40(34)19-10-22-59(45,46)47/h7-8,11-16,23-25H,4-6,9-10,17-22H2,1-3H3,(H4-,42,43,44,45,46,47,48,49,50,51,52,53,54,55,56)/p+1. The molecule has 19 nitrogen and oxygen atoms in total. The van der Waals surface area contributed by atoms with Gasteiger partial charge in [0.1, 0.15) is 16.3 Å². The molecule has 5 N–H and O–H groups in total. The minimum Gasteiger partial charge on any atom is -0.468 e. The Hall–Kier alpha value is -4.11. The van der Waals surface area contributed by atoms with Gasteiger partial charge < -0.3 is 9.64 Å². The molecule has 3 aromatic carbocycles. The van der Waals surface area contributed by atoms with Crippen LogP contribution in [0.4, 0.5) is 11.4 Å². The molecule has 0 aliphatic carbocycles. The largest absolute Gasteiger partial charge is 0.468 e. The van der Waals surface area contributed by atoms with Crippen molar-refractivity contribution in [1.82, 2.24) is 0 Å². The van der Waals surface area contributed by atoms with Crippen LogP contribution in [0.1, 0.15) is 70.4 Å². The third-order valence-corrected chi connectivity index (χ3v) is 15.3. The zero-order valence-corrected chi connectivity index (χ0v) is 37.8. The van der Waals surface area contributed by atoms with Crippen LogP contribution < -0.4 is 4.90 Å². The Morgan fingerprint density at radius 2 is 1.35 bits per heavy atom. The van der Waals surface area contributed by atoms with Gasteiger partial charge in [0.05, 0.1) is 34.0 Å². The van der Waals surface area contributed by atoms with Crippen molar-refractivity contribution in [3.05, 3.63) is 77.5 Å². The van der Waals surface area contributed by atoms with Crippen molar-refractivity contribution in [3.8, 4) is 0 Å². The van der Waals surface area contributed by atoms with Crippen molar-refractivity contribution in [2.45, 2.75) is 84.8 Å². The van der Waals surface area contributed by atoms with E-state index in [9.17, 15) is 69.6 Å². The third-order valence-electron chi connectivity index (χ3n) is 11.0. The molecule has 0 fully saturated rings. The molecule has 2 heterocycles. The average Bonchev–Trinajstić information content (AvgIpc) is 3.50. The summed E-state index contributed by atoms with van der Waals surface area (Å²) in [5, 5.41) is -0.0937. The fraction of sp³-hybridized carbons (Fsp3) is 0.421. The van der Waals surface area contributed by atoms with Gasteiger partial charge in [0.25, 0.3) is 57.1 Å². The number of carbonyl (C=O) groups excluding carboxylic acids is 1. The number of anilines is 1.